The van der Waals surface area contributed by atoms with Crippen molar-refractivity contribution < 1.29 is 0 Å². The molecule has 146 valence electrons. The van der Waals surface area contributed by atoms with E-state index in [1.54, 1.807) is 0 Å². The summed E-state index contributed by atoms with van der Waals surface area (Å²) in [6, 6.07) is 7.74. The van der Waals surface area contributed by atoms with Crippen LogP contribution in [0.2, 0.25) is 0 Å². The predicted octanol–water partition coefficient (Wildman–Crippen LogP) is 3.57. The van der Waals surface area contributed by atoms with E-state index in [1.165, 1.54) is 58.2 Å². The molecule has 0 spiro atoms. The highest BCUT2D eigenvalue weighted by Crippen LogP contribution is 2.26. The van der Waals surface area contributed by atoms with E-state index in [2.05, 4.69) is 21.7 Å². The number of rotatable bonds is 4. The molecule has 0 aliphatic carbocycles. The second-order valence-corrected chi connectivity index (χ2v) is 8.34. The molecule has 1 N–H and O–H groups in total. The third-order valence-electron chi connectivity index (χ3n) is 6.44. The summed E-state index contributed by atoms with van der Waals surface area (Å²) < 4.78 is 0. The van der Waals surface area contributed by atoms with Crippen LogP contribution in [0.5, 0.6) is 0 Å². The Morgan fingerprint density at radius 3 is 2.52 bits per heavy atom. The lowest BCUT2D eigenvalue weighted by atomic mass is 9.95. The summed E-state index contributed by atoms with van der Waals surface area (Å²) in [6.45, 7) is 8.21. The molecule has 2 aliphatic rings. The molecule has 2 aromatic rings. The van der Waals surface area contributed by atoms with Gasteiger partial charge in [-0.05, 0) is 76.8 Å². The normalized spacial score (nSPS) is 22.0. The van der Waals surface area contributed by atoms with Gasteiger partial charge >= 0.3 is 0 Å². The van der Waals surface area contributed by atoms with Gasteiger partial charge in [0.25, 0.3) is 5.56 Å². The van der Waals surface area contributed by atoms with Gasteiger partial charge < -0.3 is 9.88 Å². The first kappa shape index (κ1) is 18.6. The van der Waals surface area contributed by atoms with E-state index in [0.717, 1.165) is 30.3 Å². The molecule has 5 nitrogen and oxygen atoms in total. The number of nitrogens with zero attached hydrogens (tertiary/aromatic N) is 3. The zero-order valence-electron chi connectivity index (χ0n) is 16.5. The Bertz CT molecular complexity index is 801. The molecule has 0 unspecified atom stereocenters. The van der Waals surface area contributed by atoms with Crippen LogP contribution >= 0.6 is 0 Å². The van der Waals surface area contributed by atoms with E-state index >= 15 is 0 Å². The first-order valence-electron chi connectivity index (χ1n) is 10.7. The lowest BCUT2D eigenvalue weighted by Crippen LogP contribution is -2.40. The fourth-order valence-electron chi connectivity index (χ4n) is 4.68. The maximum Gasteiger partial charge on any atom is 0.258 e. The fourth-order valence-corrected chi connectivity index (χ4v) is 4.68. The molecule has 27 heavy (non-hydrogen) atoms. The van der Waals surface area contributed by atoms with Crippen LogP contribution in [0.25, 0.3) is 10.9 Å². The number of piperidine rings is 1. The number of hydrogen-bond acceptors (Lipinski definition) is 4. The summed E-state index contributed by atoms with van der Waals surface area (Å²) >= 11 is 0. The molecule has 2 fully saturated rings. The lowest BCUT2D eigenvalue weighted by molar-refractivity contribution is 0.113. The van der Waals surface area contributed by atoms with Crippen molar-refractivity contribution >= 4 is 10.9 Å². The fraction of sp³-hybridized carbons (Fsp3) is 0.636. The topological polar surface area (TPSA) is 52.2 Å². The molecule has 1 aromatic carbocycles. The van der Waals surface area contributed by atoms with Crippen molar-refractivity contribution in [2.75, 3.05) is 32.7 Å². The maximum atomic E-state index is 12.4. The molecule has 4 rings (SSSR count). The number of benzene rings is 1. The minimum atomic E-state index is -0.0292. The molecule has 0 bridgehead atoms. The molecule has 0 amide bonds. The van der Waals surface area contributed by atoms with Crippen molar-refractivity contribution in [3.05, 3.63) is 40.4 Å². The number of aromatic nitrogens is 2. The van der Waals surface area contributed by atoms with Crippen LogP contribution in [0.1, 0.15) is 57.3 Å². The summed E-state index contributed by atoms with van der Waals surface area (Å²) in [5.41, 5.74) is 0.762. The van der Waals surface area contributed by atoms with Gasteiger partial charge in [-0.25, -0.2) is 4.98 Å². The number of para-hydroxylation sites is 1. The van der Waals surface area contributed by atoms with Crippen molar-refractivity contribution in [3.63, 3.8) is 0 Å². The number of fused-ring (bicyclic) bond motifs is 1. The van der Waals surface area contributed by atoms with Crippen LogP contribution in [-0.2, 0) is 0 Å². The van der Waals surface area contributed by atoms with Crippen molar-refractivity contribution in [2.24, 2.45) is 5.92 Å². The highest BCUT2D eigenvalue weighted by atomic mass is 16.1. The molecular formula is C22H32N4O. The number of H-pyrrole nitrogens is 1. The van der Waals surface area contributed by atoms with E-state index in [9.17, 15) is 4.79 Å². The zero-order valence-corrected chi connectivity index (χ0v) is 16.5. The second-order valence-electron chi connectivity index (χ2n) is 8.34. The Hall–Kier alpha value is -1.72. The van der Waals surface area contributed by atoms with Crippen molar-refractivity contribution in [2.45, 2.75) is 51.5 Å². The molecular weight excluding hydrogens is 336 g/mol. The summed E-state index contributed by atoms with van der Waals surface area (Å²) in [4.78, 5) is 25.3. The van der Waals surface area contributed by atoms with Crippen LogP contribution in [0.4, 0.5) is 0 Å². The number of aromatic amines is 1. The summed E-state index contributed by atoms with van der Waals surface area (Å²) in [5, 5.41) is 0.671. The van der Waals surface area contributed by atoms with Gasteiger partial charge in [-0.15, -0.1) is 0 Å². The Morgan fingerprint density at radius 1 is 1.07 bits per heavy atom. The highest BCUT2D eigenvalue weighted by Gasteiger charge is 2.26. The molecule has 2 aliphatic heterocycles. The van der Waals surface area contributed by atoms with Gasteiger partial charge in [0.1, 0.15) is 5.82 Å². The van der Waals surface area contributed by atoms with Crippen LogP contribution in [0, 0.1) is 5.92 Å². The quantitative estimate of drug-likeness (QED) is 0.896. The third-order valence-corrected chi connectivity index (χ3v) is 6.44. The number of hydrogen-bond donors (Lipinski definition) is 1. The first-order chi connectivity index (χ1) is 13.2. The van der Waals surface area contributed by atoms with Crippen molar-refractivity contribution in [1.29, 1.82) is 0 Å². The number of likely N-dealkylation sites (tertiary alicyclic amines) is 2. The smallest absolute Gasteiger partial charge is 0.258 e. The average molecular weight is 369 g/mol. The highest BCUT2D eigenvalue weighted by molar-refractivity contribution is 5.77. The first-order valence-corrected chi connectivity index (χ1v) is 10.7. The SMILES string of the molecule is C[C@H](c1nc2ccccc2c(=O)[nH]1)N1CCC(CN2CCCCCC2)CC1. The molecule has 0 radical (unpaired) electrons. The van der Waals surface area contributed by atoms with Gasteiger partial charge in [-0.1, -0.05) is 25.0 Å². The predicted molar refractivity (Wildman–Crippen MR) is 110 cm³/mol. The Kier molecular flexibility index (Phi) is 5.89. The van der Waals surface area contributed by atoms with Gasteiger partial charge in [0, 0.05) is 6.54 Å². The van der Waals surface area contributed by atoms with Gasteiger partial charge in [0.15, 0.2) is 0 Å². The molecule has 0 saturated carbocycles. The molecule has 1 atom stereocenters. The Balaban J connectivity index is 1.37. The van der Waals surface area contributed by atoms with E-state index in [0.29, 0.717) is 5.39 Å². The van der Waals surface area contributed by atoms with Crippen LogP contribution in [-0.4, -0.2) is 52.5 Å². The van der Waals surface area contributed by atoms with E-state index in [1.807, 2.05) is 24.3 Å². The van der Waals surface area contributed by atoms with Crippen LogP contribution in [0.15, 0.2) is 29.1 Å². The third kappa shape index (κ3) is 4.41. The Labute approximate surface area is 161 Å². The van der Waals surface area contributed by atoms with Crippen molar-refractivity contribution in [3.8, 4) is 0 Å². The van der Waals surface area contributed by atoms with Gasteiger partial charge in [-0.3, -0.25) is 9.69 Å². The second kappa shape index (κ2) is 8.53. The Morgan fingerprint density at radius 2 is 1.78 bits per heavy atom. The largest absolute Gasteiger partial charge is 0.309 e. The van der Waals surface area contributed by atoms with E-state index < -0.39 is 0 Å². The summed E-state index contributed by atoms with van der Waals surface area (Å²) in [7, 11) is 0. The lowest BCUT2D eigenvalue weighted by Gasteiger charge is -2.37. The van der Waals surface area contributed by atoms with Gasteiger partial charge in [-0.2, -0.15) is 0 Å². The number of nitrogens with one attached hydrogen (secondary N) is 1. The molecule has 5 heteroatoms. The summed E-state index contributed by atoms with van der Waals surface area (Å²) in [6.07, 6.45) is 8.05. The average Bonchev–Trinajstić information content (AvgIpc) is 2.97. The minimum absolute atomic E-state index is 0.0292. The van der Waals surface area contributed by atoms with E-state index in [4.69, 9.17) is 4.98 Å². The van der Waals surface area contributed by atoms with Gasteiger partial charge in [0.05, 0.1) is 16.9 Å². The van der Waals surface area contributed by atoms with Crippen LogP contribution < -0.4 is 5.56 Å². The standard InChI is InChI=1S/C22H32N4O/c1-17(21-23-20-9-5-4-8-19(20)22(27)24-21)26-14-10-18(11-15-26)16-25-12-6-2-3-7-13-25/h4-5,8-9,17-18H,2-3,6-7,10-16H2,1H3,(H,23,24,27)/t17-/m1/s1. The minimum Gasteiger partial charge on any atom is -0.309 e. The zero-order chi connectivity index (χ0) is 18.6. The maximum absolute atomic E-state index is 12.4. The van der Waals surface area contributed by atoms with Gasteiger partial charge in [0.2, 0.25) is 0 Å². The van der Waals surface area contributed by atoms with Crippen molar-refractivity contribution in [1.82, 2.24) is 19.8 Å². The monoisotopic (exact) mass is 368 g/mol. The molecule has 3 heterocycles. The van der Waals surface area contributed by atoms with Crippen LogP contribution in [0.3, 0.4) is 0 Å². The molecule has 1 aromatic heterocycles. The molecule has 2 saturated heterocycles. The summed E-state index contributed by atoms with van der Waals surface area (Å²) in [5.74, 6) is 1.61. The van der Waals surface area contributed by atoms with E-state index in [-0.39, 0.29) is 11.6 Å².